The standard InChI is InChI=1S/C20H23BrN2O3/c1-20(2,3)16-11-15(21)9-10-18(16)26-13-19(24)23-22-12-14-7-5-6-8-17(14)25-4/h5-12H,13H2,1-4H3,(H,23,24)/b22-12+. The molecule has 2 aromatic carbocycles. The molecule has 2 aromatic rings. The summed E-state index contributed by atoms with van der Waals surface area (Å²) >= 11 is 3.47. The third-order valence-corrected chi connectivity index (χ3v) is 4.13. The minimum atomic E-state index is -0.334. The maximum Gasteiger partial charge on any atom is 0.277 e. The quantitative estimate of drug-likeness (QED) is 0.562. The van der Waals surface area contributed by atoms with E-state index in [-0.39, 0.29) is 17.9 Å². The number of halogens is 1. The van der Waals surface area contributed by atoms with E-state index in [0.29, 0.717) is 11.5 Å². The van der Waals surface area contributed by atoms with Crippen LogP contribution in [0.2, 0.25) is 0 Å². The summed E-state index contributed by atoms with van der Waals surface area (Å²) in [5.74, 6) is 1.04. The van der Waals surface area contributed by atoms with Crippen molar-refractivity contribution in [3.8, 4) is 11.5 Å². The first-order valence-electron chi connectivity index (χ1n) is 8.19. The minimum absolute atomic E-state index is 0.0996. The van der Waals surface area contributed by atoms with Crippen LogP contribution in [0, 0.1) is 0 Å². The summed E-state index contributed by atoms with van der Waals surface area (Å²) in [6, 6.07) is 13.2. The molecule has 0 heterocycles. The molecule has 0 aliphatic rings. The van der Waals surface area contributed by atoms with Crippen LogP contribution in [0.25, 0.3) is 0 Å². The summed E-state index contributed by atoms with van der Waals surface area (Å²) in [6.45, 7) is 6.17. The Kier molecular flexibility index (Phi) is 6.80. The second kappa shape index (κ2) is 8.85. The third kappa shape index (κ3) is 5.59. The molecule has 26 heavy (non-hydrogen) atoms. The molecular weight excluding hydrogens is 396 g/mol. The van der Waals surface area contributed by atoms with Crippen molar-refractivity contribution in [1.29, 1.82) is 0 Å². The first-order valence-corrected chi connectivity index (χ1v) is 8.98. The number of hydrazone groups is 1. The van der Waals surface area contributed by atoms with Gasteiger partial charge in [-0.05, 0) is 35.7 Å². The average molecular weight is 419 g/mol. The molecule has 1 N–H and O–H groups in total. The molecule has 0 radical (unpaired) electrons. The van der Waals surface area contributed by atoms with Crippen molar-refractivity contribution in [2.24, 2.45) is 5.10 Å². The van der Waals surface area contributed by atoms with Gasteiger partial charge in [0, 0.05) is 15.6 Å². The summed E-state index contributed by atoms with van der Waals surface area (Å²) in [6.07, 6.45) is 1.54. The van der Waals surface area contributed by atoms with Gasteiger partial charge in [-0.2, -0.15) is 5.10 Å². The van der Waals surface area contributed by atoms with Crippen molar-refractivity contribution in [2.75, 3.05) is 13.7 Å². The summed E-state index contributed by atoms with van der Waals surface area (Å²) in [4.78, 5) is 12.0. The molecule has 0 saturated heterocycles. The van der Waals surface area contributed by atoms with Crippen LogP contribution in [0.4, 0.5) is 0 Å². The molecular formula is C20H23BrN2O3. The van der Waals surface area contributed by atoms with Crippen LogP contribution in [0.3, 0.4) is 0 Å². The van der Waals surface area contributed by atoms with Crippen LogP contribution in [-0.2, 0) is 10.2 Å². The molecule has 0 fully saturated rings. The van der Waals surface area contributed by atoms with Gasteiger partial charge >= 0.3 is 0 Å². The number of carbonyl (C=O) groups excluding carboxylic acids is 1. The first kappa shape index (κ1) is 20.0. The van der Waals surface area contributed by atoms with Crippen molar-refractivity contribution < 1.29 is 14.3 Å². The lowest BCUT2D eigenvalue weighted by molar-refractivity contribution is -0.123. The molecule has 6 heteroatoms. The fourth-order valence-corrected chi connectivity index (χ4v) is 2.70. The van der Waals surface area contributed by atoms with E-state index in [1.54, 1.807) is 7.11 Å². The van der Waals surface area contributed by atoms with E-state index in [1.165, 1.54) is 6.21 Å². The van der Waals surface area contributed by atoms with Crippen molar-refractivity contribution >= 4 is 28.1 Å². The van der Waals surface area contributed by atoms with Gasteiger partial charge in [-0.1, -0.05) is 48.8 Å². The molecule has 2 rings (SSSR count). The largest absolute Gasteiger partial charge is 0.496 e. The lowest BCUT2D eigenvalue weighted by atomic mass is 9.86. The van der Waals surface area contributed by atoms with E-state index in [0.717, 1.165) is 15.6 Å². The second-order valence-electron chi connectivity index (χ2n) is 6.71. The molecule has 0 saturated carbocycles. The van der Waals surface area contributed by atoms with Crippen molar-refractivity contribution in [2.45, 2.75) is 26.2 Å². The van der Waals surface area contributed by atoms with Gasteiger partial charge in [-0.25, -0.2) is 5.43 Å². The highest BCUT2D eigenvalue weighted by atomic mass is 79.9. The van der Waals surface area contributed by atoms with E-state index in [9.17, 15) is 4.79 Å². The van der Waals surface area contributed by atoms with Crippen LogP contribution < -0.4 is 14.9 Å². The number of hydrogen-bond donors (Lipinski definition) is 1. The molecule has 0 atom stereocenters. The molecule has 5 nitrogen and oxygen atoms in total. The van der Waals surface area contributed by atoms with E-state index < -0.39 is 0 Å². The Morgan fingerprint density at radius 3 is 2.62 bits per heavy atom. The molecule has 0 bridgehead atoms. The van der Waals surface area contributed by atoms with Gasteiger partial charge in [0.15, 0.2) is 6.61 Å². The van der Waals surface area contributed by atoms with Crippen LogP contribution in [-0.4, -0.2) is 25.8 Å². The average Bonchev–Trinajstić information content (AvgIpc) is 2.60. The van der Waals surface area contributed by atoms with Crippen LogP contribution in [0.5, 0.6) is 11.5 Å². The molecule has 0 aliphatic carbocycles. The van der Waals surface area contributed by atoms with Crippen molar-refractivity contribution in [1.82, 2.24) is 5.43 Å². The zero-order chi connectivity index (χ0) is 19.2. The van der Waals surface area contributed by atoms with Crippen molar-refractivity contribution in [3.63, 3.8) is 0 Å². The first-order chi connectivity index (χ1) is 12.3. The highest BCUT2D eigenvalue weighted by Crippen LogP contribution is 2.33. The SMILES string of the molecule is COc1ccccc1/C=N/NC(=O)COc1ccc(Br)cc1C(C)(C)C. The third-order valence-electron chi connectivity index (χ3n) is 3.64. The maximum absolute atomic E-state index is 12.0. The number of ether oxygens (including phenoxy) is 2. The highest BCUT2D eigenvalue weighted by Gasteiger charge is 2.19. The van der Waals surface area contributed by atoms with Gasteiger partial charge in [0.25, 0.3) is 5.91 Å². The van der Waals surface area contributed by atoms with Gasteiger partial charge in [-0.15, -0.1) is 0 Å². The van der Waals surface area contributed by atoms with E-state index in [2.05, 4.69) is 47.2 Å². The summed E-state index contributed by atoms with van der Waals surface area (Å²) in [7, 11) is 1.59. The summed E-state index contributed by atoms with van der Waals surface area (Å²) < 4.78 is 11.9. The van der Waals surface area contributed by atoms with E-state index in [1.807, 2.05) is 42.5 Å². The van der Waals surface area contributed by atoms with Gasteiger partial charge in [0.1, 0.15) is 11.5 Å². The number of rotatable bonds is 6. The number of carbonyl (C=O) groups is 1. The normalized spacial score (nSPS) is 11.4. The lowest BCUT2D eigenvalue weighted by Crippen LogP contribution is -2.25. The van der Waals surface area contributed by atoms with Crippen LogP contribution in [0.1, 0.15) is 31.9 Å². The van der Waals surface area contributed by atoms with Gasteiger partial charge in [-0.3, -0.25) is 4.79 Å². The number of hydrogen-bond acceptors (Lipinski definition) is 4. The Morgan fingerprint density at radius 2 is 1.92 bits per heavy atom. The summed E-state index contributed by atoms with van der Waals surface area (Å²) in [5, 5.41) is 3.96. The topological polar surface area (TPSA) is 59.9 Å². The zero-order valence-electron chi connectivity index (χ0n) is 15.4. The predicted molar refractivity (Wildman–Crippen MR) is 107 cm³/mol. The van der Waals surface area contributed by atoms with Crippen LogP contribution in [0.15, 0.2) is 52.0 Å². The lowest BCUT2D eigenvalue weighted by Gasteiger charge is -2.23. The predicted octanol–water partition coefficient (Wildman–Crippen LogP) is 4.28. The van der Waals surface area contributed by atoms with E-state index >= 15 is 0 Å². The summed E-state index contributed by atoms with van der Waals surface area (Å²) in [5.41, 5.74) is 4.17. The maximum atomic E-state index is 12.0. The molecule has 0 aliphatic heterocycles. The Morgan fingerprint density at radius 1 is 1.19 bits per heavy atom. The second-order valence-corrected chi connectivity index (χ2v) is 7.63. The smallest absolute Gasteiger partial charge is 0.277 e. The fraction of sp³-hybridized carbons (Fsp3) is 0.300. The molecule has 138 valence electrons. The Hall–Kier alpha value is -2.34. The number of nitrogens with one attached hydrogen (secondary N) is 1. The fourth-order valence-electron chi connectivity index (χ4n) is 2.34. The number of benzene rings is 2. The number of methoxy groups -OCH3 is 1. The Labute approximate surface area is 162 Å². The van der Waals surface area contributed by atoms with Crippen LogP contribution >= 0.6 is 15.9 Å². The molecule has 0 aromatic heterocycles. The van der Waals surface area contributed by atoms with E-state index in [4.69, 9.17) is 9.47 Å². The minimum Gasteiger partial charge on any atom is -0.496 e. The number of para-hydroxylation sites is 1. The van der Waals surface area contributed by atoms with Gasteiger partial charge < -0.3 is 9.47 Å². The molecule has 0 unspecified atom stereocenters. The molecule has 1 amide bonds. The van der Waals surface area contributed by atoms with Gasteiger partial charge in [0.05, 0.1) is 13.3 Å². The number of nitrogens with zero attached hydrogens (tertiary/aromatic N) is 1. The zero-order valence-corrected chi connectivity index (χ0v) is 17.0. The molecule has 0 spiro atoms. The van der Waals surface area contributed by atoms with Gasteiger partial charge in [0.2, 0.25) is 0 Å². The van der Waals surface area contributed by atoms with Crippen molar-refractivity contribution in [3.05, 3.63) is 58.1 Å². The Bertz CT molecular complexity index is 798. The monoisotopic (exact) mass is 418 g/mol. The highest BCUT2D eigenvalue weighted by molar-refractivity contribution is 9.10. The number of amides is 1. The Balaban J connectivity index is 1.96.